The van der Waals surface area contributed by atoms with Crippen LogP contribution in [0.25, 0.3) is 10.8 Å². The van der Waals surface area contributed by atoms with Crippen molar-refractivity contribution in [3.8, 4) is 0 Å². The van der Waals surface area contributed by atoms with Crippen molar-refractivity contribution in [3.63, 3.8) is 0 Å². The van der Waals surface area contributed by atoms with E-state index in [2.05, 4.69) is 31.8 Å². The Morgan fingerprint density at radius 1 is 0.962 bits per heavy atom. The maximum Gasteiger partial charge on any atom is 0.259 e. The third-order valence-corrected chi connectivity index (χ3v) is 4.25. The number of hydrazone groups is 1. The monoisotopic (exact) mass is 409 g/mol. The number of nitrogens with one attached hydrogen (secondary N) is 2. The van der Waals surface area contributed by atoms with Crippen molar-refractivity contribution in [2.24, 2.45) is 5.10 Å². The molecule has 2 N–H and O–H groups in total. The number of rotatable bonds is 5. The van der Waals surface area contributed by atoms with Crippen LogP contribution in [-0.4, -0.2) is 24.6 Å². The smallest absolute Gasteiger partial charge is 0.259 e. The summed E-state index contributed by atoms with van der Waals surface area (Å²) in [7, 11) is 0. The van der Waals surface area contributed by atoms with Gasteiger partial charge in [0.1, 0.15) is 0 Å². The first-order valence-corrected chi connectivity index (χ1v) is 8.76. The normalized spacial score (nSPS) is 10.8. The Balaban J connectivity index is 1.55. The summed E-state index contributed by atoms with van der Waals surface area (Å²) < 4.78 is 0.967. The first-order valence-electron chi connectivity index (χ1n) is 7.97. The number of carbonyl (C=O) groups excluding carboxylic acids is 2. The van der Waals surface area contributed by atoms with Crippen LogP contribution in [0.3, 0.4) is 0 Å². The molecule has 3 rings (SSSR count). The van der Waals surface area contributed by atoms with Crippen LogP contribution in [-0.2, 0) is 4.79 Å². The minimum absolute atomic E-state index is 0.153. The molecule has 0 heterocycles. The number of nitrogens with zero attached hydrogens (tertiary/aromatic N) is 1. The van der Waals surface area contributed by atoms with Crippen LogP contribution in [0, 0.1) is 0 Å². The number of fused-ring (bicyclic) bond motifs is 1. The molecule has 26 heavy (non-hydrogen) atoms. The average Bonchev–Trinajstić information content (AvgIpc) is 2.67. The number of hydrogen-bond acceptors (Lipinski definition) is 3. The largest absolute Gasteiger partial charge is 0.343 e. The van der Waals surface area contributed by atoms with Gasteiger partial charge in [0.05, 0.1) is 12.8 Å². The van der Waals surface area contributed by atoms with E-state index >= 15 is 0 Å². The summed E-state index contributed by atoms with van der Waals surface area (Å²) in [4.78, 5) is 24.2. The molecule has 0 saturated carbocycles. The maximum absolute atomic E-state index is 12.4. The summed E-state index contributed by atoms with van der Waals surface area (Å²) in [6, 6.07) is 20.6. The number of amides is 2. The van der Waals surface area contributed by atoms with Crippen LogP contribution in [0.4, 0.5) is 0 Å². The molecule has 0 atom stereocenters. The molecule has 130 valence electrons. The van der Waals surface area contributed by atoms with Crippen molar-refractivity contribution < 1.29 is 9.59 Å². The molecule has 2 amide bonds. The predicted octanol–water partition coefficient (Wildman–Crippen LogP) is 3.48. The Kier molecular flexibility index (Phi) is 5.76. The van der Waals surface area contributed by atoms with Gasteiger partial charge in [-0.05, 0) is 34.5 Å². The van der Waals surface area contributed by atoms with Gasteiger partial charge in [0.25, 0.3) is 11.8 Å². The molecule has 0 aromatic heterocycles. The molecule has 3 aromatic carbocycles. The number of halogens is 1. The first-order chi connectivity index (χ1) is 12.6. The summed E-state index contributed by atoms with van der Waals surface area (Å²) in [6.45, 7) is -0.153. The van der Waals surface area contributed by atoms with Crippen LogP contribution in [0.2, 0.25) is 0 Å². The lowest BCUT2D eigenvalue weighted by Gasteiger charge is -2.07. The van der Waals surface area contributed by atoms with E-state index in [1.807, 2.05) is 60.7 Å². The van der Waals surface area contributed by atoms with Crippen molar-refractivity contribution in [1.82, 2.24) is 10.7 Å². The molecule has 5 nitrogen and oxygen atoms in total. The Labute approximate surface area is 159 Å². The second-order valence-corrected chi connectivity index (χ2v) is 6.47. The van der Waals surface area contributed by atoms with Gasteiger partial charge in [0.2, 0.25) is 0 Å². The van der Waals surface area contributed by atoms with E-state index in [0.29, 0.717) is 5.56 Å². The third-order valence-electron chi connectivity index (χ3n) is 3.72. The van der Waals surface area contributed by atoms with Gasteiger partial charge in [0, 0.05) is 10.0 Å². The van der Waals surface area contributed by atoms with Crippen molar-refractivity contribution in [2.45, 2.75) is 0 Å². The highest BCUT2D eigenvalue weighted by molar-refractivity contribution is 9.10. The summed E-state index contributed by atoms with van der Waals surface area (Å²) >= 11 is 3.35. The molecule has 6 heteroatoms. The second-order valence-electron chi connectivity index (χ2n) is 5.55. The minimum Gasteiger partial charge on any atom is -0.343 e. The van der Waals surface area contributed by atoms with Gasteiger partial charge < -0.3 is 5.32 Å². The zero-order valence-electron chi connectivity index (χ0n) is 13.8. The summed E-state index contributed by atoms with van der Waals surface area (Å²) in [5.74, 6) is -0.694. The lowest BCUT2D eigenvalue weighted by Crippen LogP contribution is -2.35. The van der Waals surface area contributed by atoms with Gasteiger partial charge >= 0.3 is 0 Å². The zero-order chi connectivity index (χ0) is 18.4. The quantitative estimate of drug-likeness (QED) is 0.500. The summed E-state index contributed by atoms with van der Waals surface area (Å²) in [6.07, 6.45) is 1.54. The number of hydrogen-bond donors (Lipinski definition) is 2. The fraction of sp³-hybridized carbons (Fsp3) is 0.0500. The predicted molar refractivity (Wildman–Crippen MR) is 106 cm³/mol. The van der Waals surface area contributed by atoms with E-state index in [9.17, 15) is 9.59 Å². The minimum atomic E-state index is -0.396. The van der Waals surface area contributed by atoms with Gasteiger partial charge in [-0.2, -0.15) is 5.10 Å². The zero-order valence-corrected chi connectivity index (χ0v) is 15.4. The van der Waals surface area contributed by atoms with Crippen LogP contribution in [0.5, 0.6) is 0 Å². The SMILES string of the molecule is O=C(CNC(=O)c1cccc2ccccc12)N/N=C/c1ccc(Br)cc1. The molecule has 3 aromatic rings. The molecular formula is C20H16BrN3O2. The van der Waals surface area contributed by atoms with E-state index in [4.69, 9.17) is 0 Å². The molecule has 0 spiro atoms. The molecule has 0 aliphatic rings. The molecular weight excluding hydrogens is 394 g/mol. The van der Waals surface area contributed by atoms with Gasteiger partial charge in [-0.25, -0.2) is 5.43 Å². The molecule has 0 saturated heterocycles. The number of benzene rings is 3. The average molecular weight is 410 g/mol. The maximum atomic E-state index is 12.4. The standard InChI is InChI=1S/C20H16BrN3O2/c21-16-10-8-14(9-11-16)12-23-24-19(25)13-22-20(26)18-7-3-5-15-4-1-2-6-17(15)18/h1-12H,13H2,(H,22,26)(H,24,25)/b23-12+. The highest BCUT2D eigenvalue weighted by atomic mass is 79.9. The van der Waals surface area contributed by atoms with Gasteiger partial charge in [-0.1, -0.05) is 64.5 Å². The lowest BCUT2D eigenvalue weighted by atomic mass is 10.0. The van der Waals surface area contributed by atoms with Crippen LogP contribution in [0.15, 0.2) is 76.3 Å². The van der Waals surface area contributed by atoms with Crippen LogP contribution < -0.4 is 10.7 Å². The van der Waals surface area contributed by atoms with E-state index in [-0.39, 0.29) is 12.5 Å². The highest BCUT2D eigenvalue weighted by Crippen LogP contribution is 2.18. The molecule has 0 aliphatic carbocycles. The molecule has 0 aliphatic heterocycles. The first kappa shape index (κ1) is 17.8. The highest BCUT2D eigenvalue weighted by Gasteiger charge is 2.10. The summed E-state index contributed by atoms with van der Waals surface area (Å²) in [5.41, 5.74) is 3.79. The van der Waals surface area contributed by atoms with E-state index in [1.165, 1.54) is 6.21 Å². The molecule has 0 radical (unpaired) electrons. The lowest BCUT2D eigenvalue weighted by molar-refractivity contribution is -0.120. The fourth-order valence-electron chi connectivity index (χ4n) is 2.45. The van der Waals surface area contributed by atoms with E-state index in [0.717, 1.165) is 20.8 Å². The molecule has 0 unspecified atom stereocenters. The van der Waals surface area contributed by atoms with Crippen molar-refractivity contribution in [3.05, 3.63) is 82.3 Å². The third kappa shape index (κ3) is 4.55. The molecule has 0 bridgehead atoms. The van der Waals surface area contributed by atoms with E-state index < -0.39 is 5.91 Å². The molecule has 0 fully saturated rings. The van der Waals surface area contributed by atoms with Crippen molar-refractivity contribution >= 4 is 44.7 Å². The summed E-state index contributed by atoms with van der Waals surface area (Å²) in [5, 5.41) is 8.32. The fourth-order valence-corrected chi connectivity index (χ4v) is 2.71. The van der Waals surface area contributed by atoms with Crippen molar-refractivity contribution in [2.75, 3.05) is 6.54 Å². The second kappa shape index (κ2) is 8.40. The Bertz CT molecular complexity index is 963. The Morgan fingerprint density at radius 3 is 2.50 bits per heavy atom. The van der Waals surface area contributed by atoms with Crippen LogP contribution in [0.1, 0.15) is 15.9 Å². The Morgan fingerprint density at radius 2 is 1.69 bits per heavy atom. The van der Waals surface area contributed by atoms with Gasteiger partial charge in [-0.15, -0.1) is 0 Å². The van der Waals surface area contributed by atoms with Gasteiger partial charge in [-0.3, -0.25) is 9.59 Å². The van der Waals surface area contributed by atoms with Gasteiger partial charge in [0.15, 0.2) is 0 Å². The van der Waals surface area contributed by atoms with Crippen LogP contribution >= 0.6 is 15.9 Å². The Hall–Kier alpha value is -2.99. The number of carbonyl (C=O) groups is 2. The topological polar surface area (TPSA) is 70.6 Å². The van der Waals surface area contributed by atoms with E-state index in [1.54, 1.807) is 6.07 Å². The van der Waals surface area contributed by atoms with Crippen molar-refractivity contribution in [1.29, 1.82) is 0 Å².